The second-order valence-electron chi connectivity index (χ2n) is 7.15. The average molecular weight is 445 g/mol. The first-order valence-electron chi connectivity index (χ1n) is 10.1. The zero-order valence-electron chi connectivity index (χ0n) is 17.5. The van der Waals surface area contributed by atoms with E-state index in [1.54, 1.807) is 37.6 Å². The fourth-order valence-corrected chi connectivity index (χ4v) is 3.96. The Bertz CT molecular complexity index is 1080. The maximum atomic E-state index is 12.9. The Hall–Kier alpha value is -2.81. The summed E-state index contributed by atoms with van der Waals surface area (Å²) in [4.78, 5) is 22.3. The van der Waals surface area contributed by atoms with Gasteiger partial charge in [0.15, 0.2) is 0 Å². The molecule has 2 N–H and O–H groups in total. The minimum atomic E-state index is -0.0335. The van der Waals surface area contributed by atoms with Crippen molar-refractivity contribution in [3.63, 3.8) is 0 Å². The van der Waals surface area contributed by atoms with Crippen LogP contribution >= 0.6 is 11.6 Å². The summed E-state index contributed by atoms with van der Waals surface area (Å²) >= 11 is 6.44. The highest BCUT2D eigenvalue weighted by Gasteiger charge is 2.22. The molecule has 1 aromatic carbocycles. The van der Waals surface area contributed by atoms with Gasteiger partial charge < -0.3 is 29.4 Å². The van der Waals surface area contributed by atoms with Gasteiger partial charge in [-0.05, 0) is 18.2 Å². The molecule has 0 saturated carbocycles. The number of pyridine rings is 1. The zero-order valence-corrected chi connectivity index (χ0v) is 18.3. The largest absolute Gasteiger partial charge is 0.496 e. The Kier molecular flexibility index (Phi) is 6.60. The number of carbonyl (C=O) groups excluding carboxylic acids is 1. The molecule has 0 aliphatic carbocycles. The summed E-state index contributed by atoms with van der Waals surface area (Å²) in [5.74, 6) is 0.551. The number of ether oxygens (including phenoxy) is 3. The molecule has 0 atom stereocenters. The standard InChI is InChI=1S/C22H25ClN4O4/c1-29-8-5-24-20-16(12-25-21-19(20)17(23)13-26-21)15-4-3-14(11-18(15)30-2)22(28)27-6-9-31-10-7-27/h3-4,11-13H,5-10H2,1-2H3,(H2,24,25,26). The van der Waals surface area contributed by atoms with Gasteiger partial charge in [-0.15, -0.1) is 0 Å². The first kappa shape index (κ1) is 21.4. The summed E-state index contributed by atoms with van der Waals surface area (Å²) in [6, 6.07) is 5.48. The minimum Gasteiger partial charge on any atom is -0.496 e. The molecule has 1 fully saturated rings. The second kappa shape index (κ2) is 9.55. The van der Waals surface area contributed by atoms with Crippen LogP contribution in [0.5, 0.6) is 5.75 Å². The van der Waals surface area contributed by atoms with Crippen molar-refractivity contribution in [3.8, 4) is 16.9 Å². The maximum absolute atomic E-state index is 12.9. The van der Waals surface area contributed by atoms with E-state index in [2.05, 4.69) is 15.3 Å². The number of anilines is 1. The fourth-order valence-electron chi connectivity index (χ4n) is 3.72. The molecular formula is C22H25ClN4O4. The third kappa shape index (κ3) is 4.32. The van der Waals surface area contributed by atoms with Crippen molar-refractivity contribution in [1.82, 2.24) is 14.9 Å². The number of benzene rings is 1. The molecule has 164 valence electrons. The Morgan fingerprint density at radius 3 is 2.84 bits per heavy atom. The minimum absolute atomic E-state index is 0.0335. The van der Waals surface area contributed by atoms with Crippen LogP contribution in [0.4, 0.5) is 5.69 Å². The predicted octanol–water partition coefficient (Wildman–Crippen LogP) is 3.42. The Morgan fingerprint density at radius 2 is 2.10 bits per heavy atom. The molecule has 9 heteroatoms. The van der Waals surface area contributed by atoms with Gasteiger partial charge in [0.1, 0.15) is 11.4 Å². The van der Waals surface area contributed by atoms with Crippen LogP contribution in [0.15, 0.2) is 30.6 Å². The highest BCUT2D eigenvalue weighted by atomic mass is 35.5. The van der Waals surface area contributed by atoms with Gasteiger partial charge in [0.25, 0.3) is 5.91 Å². The zero-order chi connectivity index (χ0) is 21.8. The number of aromatic nitrogens is 2. The number of H-pyrrole nitrogens is 1. The van der Waals surface area contributed by atoms with E-state index in [0.29, 0.717) is 61.4 Å². The Labute approximate surface area is 185 Å². The molecule has 4 rings (SSSR count). The van der Waals surface area contributed by atoms with Crippen molar-refractivity contribution in [1.29, 1.82) is 0 Å². The molecule has 3 heterocycles. The van der Waals surface area contributed by atoms with Crippen LogP contribution < -0.4 is 10.1 Å². The lowest BCUT2D eigenvalue weighted by Crippen LogP contribution is -2.40. The van der Waals surface area contributed by atoms with Crippen molar-refractivity contribution in [2.24, 2.45) is 0 Å². The first-order chi connectivity index (χ1) is 15.1. The molecule has 0 unspecified atom stereocenters. The Balaban J connectivity index is 1.75. The molecule has 0 radical (unpaired) electrons. The van der Waals surface area contributed by atoms with Crippen LogP contribution in [0, 0.1) is 0 Å². The monoisotopic (exact) mass is 444 g/mol. The number of halogens is 1. The number of hydrogen-bond donors (Lipinski definition) is 2. The van der Waals surface area contributed by atoms with Gasteiger partial charge in [-0.3, -0.25) is 4.79 Å². The van der Waals surface area contributed by atoms with Gasteiger partial charge in [-0.1, -0.05) is 11.6 Å². The summed E-state index contributed by atoms with van der Waals surface area (Å²) in [7, 11) is 3.25. The van der Waals surface area contributed by atoms with E-state index in [-0.39, 0.29) is 5.91 Å². The number of amides is 1. The SMILES string of the molecule is COCCNc1c(-c2ccc(C(=O)N3CCOCC3)cc2OC)cnc2[nH]cc(Cl)c12. The molecule has 3 aromatic rings. The van der Waals surface area contributed by atoms with Crippen LogP contribution in [-0.2, 0) is 9.47 Å². The molecule has 31 heavy (non-hydrogen) atoms. The quantitative estimate of drug-likeness (QED) is 0.543. The van der Waals surface area contributed by atoms with Gasteiger partial charge >= 0.3 is 0 Å². The number of hydrogen-bond acceptors (Lipinski definition) is 6. The third-order valence-corrected chi connectivity index (χ3v) is 5.60. The topological polar surface area (TPSA) is 88.7 Å². The van der Waals surface area contributed by atoms with Gasteiger partial charge in [-0.25, -0.2) is 4.98 Å². The molecular weight excluding hydrogens is 420 g/mol. The molecule has 0 bridgehead atoms. The first-order valence-corrected chi connectivity index (χ1v) is 10.5. The van der Waals surface area contributed by atoms with Gasteiger partial charge in [0, 0.05) is 55.8 Å². The van der Waals surface area contributed by atoms with Crippen molar-refractivity contribution >= 4 is 34.2 Å². The molecule has 2 aromatic heterocycles. The van der Waals surface area contributed by atoms with E-state index in [1.165, 1.54) is 0 Å². The van der Waals surface area contributed by atoms with Crippen LogP contribution in [-0.4, -0.2) is 74.4 Å². The van der Waals surface area contributed by atoms with Crippen molar-refractivity contribution in [3.05, 3.63) is 41.2 Å². The van der Waals surface area contributed by atoms with Crippen molar-refractivity contribution < 1.29 is 19.0 Å². The normalized spacial score (nSPS) is 14.1. The summed E-state index contributed by atoms with van der Waals surface area (Å²) in [5, 5.41) is 4.78. The maximum Gasteiger partial charge on any atom is 0.254 e. The smallest absolute Gasteiger partial charge is 0.254 e. The molecule has 1 aliphatic rings. The lowest BCUT2D eigenvalue weighted by Gasteiger charge is -2.27. The molecule has 1 saturated heterocycles. The number of rotatable bonds is 7. The third-order valence-electron chi connectivity index (χ3n) is 5.30. The number of morpholine rings is 1. The van der Waals surface area contributed by atoms with Crippen LogP contribution in [0.3, 0.4) is 0 Å². The Morgan fingerprint density at radius 1 is 1.29 bits per heavy atom. The van der Waals surface area contributed by atoms with E-state index in [9.17, 15) is 4.79 Å². The van der Waals surface area contributed by atoms with E-state index in [1.807, 2.05) is 12.1 Å². The second-order valence-corrected chi connectivity index (χ2v) is 7.55. The predicted molar refractivity (Wildman–Crippen MR) is 120 cm³/mol. The van der Waals surface area contributed by atoms with Crippen molar-refractivity contribution in [2.45, 2.75) is 0 Å². The lowest BCUT2D eigenvalue weighted by molar-refractivity contribution is 0.0302. The molecule has 1 amide bonds. The van der Waals surface area contributed by atoms with Gasteiger partial charge in [-0.2, -0.15) is 0 Å². The van der Waals surface area contributed by atoms with E-state index >= 15 is 0 Å². The fraction of sp³-hybridized carbons (Fsp3) is 0.364. The number of methoxy groups -OCH3 is 2. The number of nitrogens with one attached hydrogen (secondary N) is 2. The summed E-state index contributed by atoms with van der Waals surface area (Å²) in [5.41, 5.74) is 3.73. The number of fused-ring (bicyclic) bond motifs is 1. The van der Waals surface area contributed by atoms with Gasteiger partial charge in [0.2, 0.25) is 0 Å². The van der Waals surface area contributed by atoms with Crippen LogP contribution in [0.25, 0.3) is 22.2 Å². The van der Waals surface area contributed by atoms with Crippen LogP contribution in [0.1, 0.15) is 10.4 Å². The molecule has 8 nitrogen and oxygen atoms in total. The van der Waals surface area contributed by atoms with Gasteiger partial charge in [0.05, 0.1) is 43.0 Å². The number of carbonyl (C=O) groups is 1. The number of nitrogens with zero attached hydrogens (tertiary/aromatic N) is 2. The highest BCUT2D eigenvalue weighted by molar-refractivity contribution is 6.36. The van der Waals surface area contributed by atoms with E-state index in [4.69, 9.17) is 25.8 Å². The molecule has 1 aliphatic heterocycles. The molecule has 0 spiro atoms. The lowest BCUT2D eigenvalue weighted by atomic mass is 10.0. The highest BCUT2D eigenvalue weighted by Crippen LogP contribution is 2.41. The van der Waals surface area contributed by atoms with Crippen molar-refractivity contribution in [2.75, 3.05) is 59.0 Å². The summed E-state index contributed by atoms with van der Waals surface area (Å²) in [6.07, 6.45) is 3.48. The van der Waals surface area contributed by atoms with E-state index < -0.39 is 0 Å². The van der Waals surface area contributed by atoms with Crippen LogP contribution in [0.2, 0.25) is 5.02 Å². The average Bonchev–Trinajstić information content (AvgIpc) is 3.20. The number of aromatic amines is 1. The van der Waals surface area contributed by atoms with E-state index in [0.717, 1.165) is 22.2 Å². The summed E-state index contributed by atoms with van der Waals surface area (Å²) < 4.78 is 16.2. The summed E-state index contributed by atoms with van der Waals surface area (Å²) in [6.45, 7) is 3.42.